The zero-order valence-corrected chi connectivity index (χ0v) is 12.0. The number of aromatic nitrogens is 1. The Kier molecular flexibility index (Phi) is 4.15. The number of rotatable bonds is 4. The number of hydrogen-bond acceptors (Lipinski definition) is 3. The van der Waals surface area contributed by atoms with E-state index in [1.807, 2.05) is 24.3 Å². The van der Waals surface area contributed by atoms with Crippen LogP contribution < -0.4 is 0 Å². The lowest BCUT2D eigenvalue weighted by atomic mass is 9.97. The molecule has 0 bridgehead atoms. The molecular weight excluding hydrogens is 264 g/mol. The van der Waals surface area contributed by atoms with Gasteiger partial charge in [0, 0.05) is 17.6 Å². The summed E-state index contributed by atoms with van der Waals surface area (Å²) < 4.78 is 0. The molecule has 0 spiro atoms. The molecule has 0 radical (unpaired) electrons. The number of aliphatic carboxylic acids is 1. The minimum Gasteiger partial charge on any atom is -0.481 e. The normalized spacial score (nSPS) is 17.7. The first-order chi connectivity index (χ1) is 10.2. The fourth-order valence-corrected chi connectivity index (χ4v) is 3.15. The van der Waals surface area contributed by atoms with E-state index in [1.165, 1.54) is 6.42 Å². The molecule has 2 aromatic rings. The molecule has 1 aromatic heterocycles. The topological polar surface area (TPSA) is 53.4 Å². The van der Waals surface area contributed by atoms with E-state index < -0.39 is 5.97 Å². The van der Waals surface area contributed by atoms with Gasteiger partial charge in [-0.05, 0) is 49.7 Å². The molecule has 1 atom stereocenters. The molecule has 1 fully saturated rings. The summed E-state index contributed by atoms with van der Waals surface area (Å²) in [6, 6.07) is 10.0. The van der Waals surface area contributed by atoms with Gasteiger partial charge in [-0.15, -0.1) is 0 Å². The predicted molar refractivity (Wildman–Crippen MR) is 82.2 cm³/mol. The van der Waals surface area contributed by atoms with Crippen molar-refractivity contribution in [2.24, 2.45) is 0 Å². The highest BCUT2D eigenvalue weighted by molar-refractivity contribution is 5.79. The molecule has 4 nitrogen and oxygen atoms in total. The van der Waals surface area contributed by atoms with E-state index in [2.05, 4.69) is 16.0 Å². The number of carboxylic acid groups (broad SMARTS) is 1. The second-order valence-corrected chi connectivity index (χ2v) is 5.67. The van der Waals surface area contributed by atoms with Crippen LogP contribution in [0.4, 0.5) is 0 Å². The Bertz CT molecular complexity index is 635. The molecule has 1 aliphatic rings. The van der Waals surface area contributed by atoms with Crippen molar-refractivity contribution in [1.29, 1.82) is 0 Å². The van der Waals surface area contributed by atoms with Gasteiger partial charge in [0.15, 0.2) is 0 Å². The Morgan fingerprint density at radius 1 is 1.24 bits per heavy atom. The summed E-state index contributed by atoms with van der Waals surface area (Å²) in [5.41, 5.74) is 2.04. The number of fused-ring (bicyclic) bond motifs is 1. The maximum absolute atomic E-state index is 11.3. The van der Waals surface area contributed by atoms with Gasteiger partial charge < -0.3 is 5.11 Å². The summed E-state index contributed by atoms with van der Waals surface area (Å²) in [6.45, 7) is 1.98. The number of carbonyl (C=O) groups is 1. The summed E-state index contributed by atoms with van der Waals surface area (Å²) in [5, 5.41) is 10.3. The van der Waals surface area contributed by atoms with Crippen LogP contribution >= 0.6 is 0 Å². The molecular formula is C17H20N2O2. The highest BCUT2D eigenvalue weighted by Crippen LogP contribution is 2.29. The molecule has 21 heavy (non-hydrogen) atoms. The van der Waals surface area contributed by atoms with Gasteiger partial charge in [-0.1, -0.05) is 18.6 Å². The lowest BCUT2D eigenvalue weighted by Gasteiger charge is -2.34. The van der Waals surface area contributed by atoms with Gasteiger partial charge in [0.25, 0.3) is 0 Å². The summed E-state index contributed by atoms with van der Waals surface area (Å²) in [6.07, 6.45) is 5.50. The van der Waals surface area contributed by atoms with Gasteiger partial charge in [0.2, 0.25) is 0 Å². The Morgan fingerprint density at radius 3 is 2.81 bits per heavy atom. The quantitative estimate of drug-likeness (QED) is 0.936. The van der Waals surface area contributed by atoms with Crippen LogP contribution in [0.3, 0.4) is 0 Å². The fraction of sp³-hybridized carbons (Fsp3) is 0.412. The zero-order valence-electron chi connectivity index (χ0n) is 12.0. The number of pyridine rings is 1. The zero-order chi connectivity index (χ0) is 14.7. The van der Waals surface area contributed by atoms with Crippen LogP contribution in [0.5, 0.6) is 0 Å². The number of piperidine rings is 1. The van der Waals surface area contributed by atoms with Crippen LogP contribution in [0.2, 0.25) is 0 Å². The number of benzene rings is 1. The highest BCUT2D eigenvalue weighted by atomic mass is 16.4. The van der Waals surface area contributed by atoms with E-state index in [0.717, 1.165) is 42.4 Å². The molecule has 3 rings (SSSR count). The van der Waals surface area contributed by atoms with Crippen molar-refractivity contribution in [2.45, 2.75) is 31.7 Å². The molecule has 1 saturated heterocycles. The Labute approximate surface area is 124 Å². The summed E-state index contributed by atoms with van der Waals surface area (Å²) >= 11 is 0. The summed E-state index contributed by atoms with van der Waals surface area (Å²) in [4.78, 5) is 17.9. The molecule has 110 valence electrons. The largest absolute Gasteiger partial charge is 0.481 e. The monoisotopic (exact) mass is 284 g/mol. The first-order valence-electron chi connectivity index (χ1n) is 7.54. The van der Waals surface area contributed by atoms with Crippen molar-refractivity contribution in [1.82, 2.24) is 9.88 Å². The molecule has 4 heteroatoms. The van der Waals surface area contributed by atoms with E-state index in [4.69, 9.17) is 0 Å². The highest BCUT2D eigenvalue weighted by Gasteiger charge is 2.24. The van der Waals surface area contributed by atoms with Gasteiger partial charge in [0.05, 0.1) is 11.9 Å². The second-order valence-electron chi connectivity index (χ2n) is 5.67. The van der Waals surface area contributed by atoms with Crippen molar-refractivity contribution in [3.63, 3.8) is 0 Å². The molecule has 1 aliphatic heterocycles. The minimum atomic E-state index is -0.739. The molecule has 0 saturated carbocycles. The van der Waals surface area contributed by atoms with Crippen LogP contribution in [0.15, 0.2) is 36.5 Å². The Morgan fingerprint density at radius 2 is 2.05 bits per heavy atom. The number of nitrogens with zero attached hydrogens (tertiary/aromatic N) is 2. The molecule has 1 unspecified atom stereocenters. The lowest BCUT2D eigenvalue weighted by molar-refractivity contribution is -0.138. The van der Waals surface area contributed by atoms with Crippen LogP contribution in [-0.2, 0) is 4.79 Å². The average molecular weight is 284 g/mol. The SMILES string of the molecule is O=C(O)CC(c1ccc2ncccc2c1)N1CCCCC1. The standard InChI is InChI=1S/C17H20N2O2/c20-17(21)12-16(19-9-2-1-3-10-19)14-6-7-15-13(11-14)5-4-8-18-15/h4-8,11,16H,1-3,9-10,12H2,(H,20,21). The predicted octanol–water partition coefficient (Wildman–Crippen LogP) is 3.24. The molecule has 1 N–H and O–H groups in total. The van der Waals surface area contributed by atoms with Crippen LogP contribution in [-0.4, -0.2) is 34.0 Å². The second kappa shape index (κ2) is 6.22. The van der Waals surface area contributed by atoms with Crippen molar-refractivity contribution in [2.75, 3.05) is 13.1 Å². The van der Waals surface area contributed by atoms with Gasteiger partial charge >= 0.3 is 5.97 Å². The van der Waals surface area contributed by atoms with E-state index in [0.29, 0.717) is 0 Å². The smallest absolute Gasteiger partial charge is 0.305 e. The van der Waals surface area contributed by atoms with Crippen LogP contribution in [0, 0.1) is 0 Å². The van der Waals surface area contributed by atoms with E-state index >= 15 is 0 Å². The summed E-state index contributed by atoms with van der Waals surface area (Å²) in [5.74, 6) is -0.739. The van der Waals surface area contributed by atoms with Gasteiger partial charge in [-0.2, -0.15) is 0 Å². The summed E-state index contributed by atoms with van der Waals surface area (Å²) in [7, 11) is 0. The molecule has 0 amide bonds. The third-order valence-electron chi connectivity index (χ3n) is 4.21. The van der Waals surface area contributed by atoms with Crippen molar-refractivity contribution in [3.05, 3.63) is 42.1 Å². The third-order valence-corrected chi connectivity index (χ3v) is 4.21. The fourth-order valence-electron chi connectivity index (χ4n) is 3.15. The first-order valence-corrected chi connectivity index (χ1v) is 7.54. The van der Waals surface area contributed by atoms with E-state index in [-0.39, 0.29) is 12.5 Å². The van der Waals surface area contributed by atoms with E-state index in [9.17, 15) is 9.90 Å². The molecule has 1 aromatic carbocycles. The number of likely N-dealkylation sites (tertiary alicyclic amines) is 1. The van der Waals surface area contributed by atoms with Crippen LogP contribution in [0.1, 0.15) is 37.3 Å². The van der Waals surface area contributed by atoms with Gasteiger partial charge in [0.1, 0.15) is 0 Å². The molecule has 0 aliphatic carbocycles. The number of carboxylic acids is 1. The van der Waals surface area contributed by atoms with Gasteiger partial charge in [-0.3, -0.25) is 14.7 Å². The average Bonchev–Trinajstić information content (AvgIpc) is 2.53. The maximum atomic E-state index is 11.3. The Balaban J connectivity index is 1.94. The first kappa shape index (κ1) is 14.0. The lowest BCUT2D eigenvalue weighted by Crippen LogP contribution is -2.34. The maximum Gasteiger partial charge on any atom is 0.305 e. The van der Waals surface area contributed by atoms with Crippen molar-refractivity contribution in [3.8, 4) is 0 Å². The van der Waals surface area contributed by atoms with Crippen molar-refractivity contribution < 1.29 is 9.90 Å². The van der Waals surface area contributed by atoms with Crippen LogP contribution in [0.25, 0.3) is 10.9 Å². The molecule has 2 heterocycles. The third kappa shape index (κ3) is 3.22. The minimum absolute atomic E-state index is 0.0348. The number of hydrogen-bond donors (Lipinski definition) is 1. The van der Waals surface area contributed by atoms with E-state index in [1.54, 1.807) is 6.20 Å². The van der Waals surface area contributed by atoms with Crippen molar-refractivity contribution >= 4 is 16.9 Å². The van der Waals surface area contributed by atoms with Gasteiger partial charge in [-0.25, -0.2) is 0 Å². The Hall–Kier alpha value is -1.94.